The maximum Gasteiger partial charge on any atom is 0.490 e. The fourth-order valence-electron chi connectivity index (χ4n) is 1.11. The fourth-order valence-corrected chi connectivity index (χ4v) is 1.11. The predicted molar refractivity (Wildman–Crippen MR) is 70.0 cm³/mol. The average molecular weight is 323 g/mol. The van der Waals surface area contributed by atoms with Gasteiger partial charge in [0.25, 0.3) is 0 Å². The van der Waals surface area contributed by atoms with Gasteiger partial charge in [0, 0.05) is 0 Å². The smallest absolute Gasteiger partial charge is 0.480 e. The van der Waals surface area contributed by atoms with Crippen molar-refractivity contribution in [3.05, 3.63) is 35.9 Å². The summed E-state index contributed by atoms with van der Waals surface area (Å²) in [5.41, 5.74) is 6.40. The molecule has 0 saturated carbocycles. The lowest BCUT2D eigenvalue weighted by atomic mass is 10.2. The molecule has 0 fully saturated rings. The summed E-state index contributed by atoms with van der Waals surface area (Å²) in [5.74, 6) is -3.80. The van der Waals surface area contributed by atoms with E-state index in [2.05, 4.69) is 0 Å². The van der Waals surface area contributed by atoms with E-state index >= 15 is 0 Å². The molecular weight excluding hydrogens is 307 g/mol. The van der Waals surface area contributed by atoms with Crippen LogP contribution in [0.3, 0.4) is 0 Å². The van der Waals surface area contributed by atoms with Gasteiger partial charge in [-0.15, -0.1) is 0 Å². The monoisotopic (exact) mass is 323 g/mol. The van der Waals surface area contributed by atoms with E-state index in [1.165, 1.54) is 0 Å². The molecule has 2 unspecified atom stereocenters. The van der Waals surface area contributed by atoms with Crippen molar-refractivity contribution in [3.8, 4) is 0 Å². The van der Waals surface area contributed by atoms with E-state index in [9.17, 15) is 18.0 Å². The molecule has 0 saturated heterocycles. The number of carboxylic acid groups (broad SMARTS) is 2. The van der Waals surface area contributed by atoms with E-state index in [1.807, 2.05) is 30.3 Å². The van der Waals surface area contributed by atoms with Crippen LogP contribution in [0.5, 0.6) is 0 Å². The van der Waals surface area contributed by atoms with Gasteiger partial charge in [-0.05, 0) is 12.5 Å². The molecule has 0 aliphatic rings. The summed E-state index contributed by atoms with van der Waals surface area (Å²) in [6, 6.07) is 8.57. The first-order chi connectivity index (χ1) is 10.1. The van der Waals surface area contributed by atoms with Crippen LogP contribution in [-0.2, 0) is 20.9 Å². The minimum absolute atomic E-state index is 0.378. The highest BCUT2D eigenvalue weighted by Gasteiger charge is 2.38. The molecule has 4 N–H and O–H groups in total. The molecule has 0 aromatic heterocycles. The molecule has 1 rings (SSSR count). The summed E-state index contributed by atoms with van der Waals surface area (Å²) in [5, 5.41) is 15.8. The van der Waals surface area contributed by atoms with Crippen LogP contribution in [0.25, 0.3) is 0 Å². The van der Waals surface area contributed by atoms with E-state index < -0.39 is 30.3 Å². The zero-order valence-corrected chi connectivity index (χ0v) is 11.6. The molecule has 0 aliphatic heterocycles. The summed E-state index contributed by atoms with van der Waals surface area (Å²) in [6.07, 6.45) is -5.58. The van der Waals surface area contributed by atoms with Crippen molar-refractivity contribution in [3.63, 3.8) is 0 Å². The van der Waals surface area contributed by atoms with Crippen molar-refractivity contribution in [2.24, 2.45) is 5.73 Å². The third kappa shape index (κ3) is 8.22. The molecule has 0 spiro atoms. The molecular formula is C13H16F3NO5. The molecule has 0 bridgehead atoms. The summed E-state index contributed by atoms with van der Waals surface area (Å²) < 4.78 is 37.1. The van der Waals surface area contributed by atoms with Crippen molar-refractivity contribution >= 4 is 11.9 Å². The van der Waals surface area contributed by atoms with Crippen LogP contribution in [-0.4, -0.2) is 40.5 Å². The Bertz CT molecular complexity index is 478. The molecule has 0 amide bonds. The first-order valence-corrected chi connectivity index (χ1v) is 5.99. The lowest BCUT2D eigenvalue weighted by Crippen LogP contribution is -2.41. The van der Waals surface area contributed by atoms with Crippen molar-refractivity contribution in [1.82, 2.24) is 0 Å². The molecule has 6 nitrogen and oxygen atoms in total. The van der Waals surface area contributed by atoms with Crippen molar-refractivity contribution in [1.29, 1.82) is 0 Å². The number of rotatable bonds is 5. The highest BCUT2D eigenvalue weighted by molar-refractivity contribution is 5.73. The minimum atomic E-state index is -5.08. The van der Waals surface area contributed by atoms with Crippen molar-refractivity contribution < 1.29 is 37.7 Å². The van der Waals surface area contributed by atoms with Crippen LogP contribution < -0.4 is 5.73 Å². The van der Waals surface area contributed by atoms with Crippen molar-refractivity contribution in [2.45, 2.75) is 31.9 Å². The second-order valence-electron chi connectivity index (χ2n) is 4.17. The Morgan fingerprint density at radius 2 is 1.68 bits per heavy atom. The number of nitrogens with two attached hydrogens (primary N) is 1. The van der Waals surface area contributed by atoms with Crippen molar-refractivity contribution in [2.75, 3.05) is 0 Å². The SMILES string of the molecule is CC(OCc1ccccc1)C(N)C(=O)O.O=C(O)C(F)(F)F. The van der Waals surface area contributed by atoms with Gasteiger partial charge in [0.15, 0.2) is 0 Å². The van der Waals surface area contributed by atoms with E-state index in [0.717, 1.165) is 5.56 Å². The normalized spacial score (nSPS) is 13.5. The van der Waals surface area contributed by atoms with E-state index in [4.69, 9.17) is 25.5 Å². The fraction of sp³-hybridized carbons (Fsp3) is 0.385. The van der Waals surface area contributed by atoms with Gasteiger partial charge < -0.3 is 20.7 Å². The zero-order chi connectivity index (χ0) is 17.3. The van der Waals surface area contributed by atoms with Crippen LogP contribution in [0.15, 0.2) is 30.3 Å². The molecule has 22 heavy (non-hydrogen) atoms. The number of hydrogen-bond donors (Lipinski definition) is 3. The average Bonchev–Trinajstić information content (AvgIpc) is 2.44. The van der Waals surface area contributed by atoms with Crippen LogP contribution in [0.1, 0.15) is 12.5 Å². The number of aliphatic carboxylic acids is 2. The summed E-state index contributed by atoms with van der Waals surface area (Å²) >= 11 is 0. The molecule has 0 heterocycles. The van der Waals surface area contributed by atoms with Gasteiger partial charge in [0.05, 0.1) is 12.7 Å². The van der Waals surface area contributed by atoms with Gasteiger partial charge >= 0.3 is 18.1 Å². The molecule has 0 aliphatic carbocycles. The second-order valence-corrected chi connectivity index (χ2v) is 4.17. The first kappa shape index (κ1) is 19.9. The number of benzene rings is 1. The Morgan fingerprint density at radius 1 is 1.23 bits per heavy atom. The molecule has 124 valence electrons. The van der Waals surface area contributed by atoms with E-state index in [0.29, 0.717) is 6.61 Å². The van der Waals surface area contributed by atoms with Gasteiger partial charge in [-0.2, -0.15) is 13.2 Å². The highest BCUT2D eigenvalue weighted by Crippen LogP contribution is 2.13. The largest absolute Gasteiger partial charge is 0.490 e. The molecule has 2 atom stereocenters. The Morgan fingerprint density at radius 3 is 2.05 bits per heavy atom. The highest BCUT2D eigenvalue weighted by atomic mass is 19.4. The maximum atomic E-state index is 10.6. The quantitative estimate of drug-likeness (QED) is 0.760. The van der Waals surface area contributed by atoms with Gasteiger partial charge in [-0.3, -0.25) is 4.79 Å². The lowest BCUT2D eigenvalue weighted by Gasteiger charge is -2.16. The van der Waals surface area contributed by atoms with Crippen LogP contribution in [0.2, 0.25) is 0 Å². The number of halogens is 3. The number of alkyl halides is 3. The lowest BCUT2D eigenvalue weighted by molar-refractivity contribution is -0.192. The molecule has 1 aromatic carbocycles. The summed E-state index contributed by atoms with van der Waals surface area (Å²) in [7, 11) is 0. The third-order valence-electron chi connectivity index (χ3n) is 2.39. The Hall–Kier alpha value is -2.13. The minimum Gasteiger partial charge on any atom is -0.480 e. The van der Waals surface area contributed by atoms with E-state index in [-0.39, 0.29) is 0 Å². The molecule has 0 radical (unpaired) electrons. The maximum absolute atomic E-state index is 10.6. The van der Waals surface area contributed by atoms with Crippen LogP contribution in [0.4, 0.5) is 13.2 Å². The molecule has 9 heteroatoms. The number of hydrogen-bond acceptors (Lipinski definition) is 4. The molecule has 1 aromatic rings. The van der Waals surface area contributed by atoms with Gasteiger partial charge in [0.2, 0.25) is 0 Å². The number of carboxylic acids is 2. The second kappa shape index (κ2) is 9.00. The summed E-state index contributed by atoms with van der Waals surface area (Å²) in [6.45, 7) is 2.03. The predicted octanol–water partition coefficient (Wildman–Crippen LogP) is 1.64. The van der Waals surface area contributed by atoms with Gasteiger partial charge in [-0.25, -0.2) is 4.79 Å². The van der Waals surface area contributed by atoms with Crippen LogP contribution in [0, 0.1) is 0 Å². The van der Waals surface area contributed by atoms with E-state index in [1.54, 1.807) is 6.92 Å². The Kier molecular flexibility index (Phi) is 8.13. The Balaban J connectivity index is 0.000000534. The standard InChI is InChI=1S/C11H15NO3.C2HF3O2/c1-8(10(12)11(13)14)15-7-9-5-3-2-4-6-9;3-2(4,5)1(6)7/h2-6,8,10H,7,12H2,1H3,(H,13,14);(H,6,7). The zero-order valence-electron chi connectivity index (χ0n) is 11.6. The van der Waals surface area contributed by atoms with Gasteiger partial charge in [-0.1, -0.05) is 30.3 Å². The topological polar surface area (TPSA) is 110 Å². The van der Waals surface area contributed by atoms with Crippen LogP contribution >= 0.6 is 0 Å². The Labute approximate surface area is 124 Å². The number of ether oxygens (including phenoxy) is 1. The number of carbonyl (C=O) groups is 2. The third-order valence-corrected chi connectivity index (χ3v) is 2.39. The summed E-state index contributed by atoms with van der Waals surface area (Å²) in [4.78, 5) is 19.4. The first-order valence-electron chi connectivity index (χ1n) is 5.99. The van der Waals surface area contributed by atoms with Gasteiger partial charge in [0.1, 0.15) is 6.04 Å².